The summed E-state index contributed by atoms with van der Waals surface area (Å²) < 4.78 is 4.65. The van der Waals surface area contributed by atoms with Gasteiger partial charge >= 0.3 is 5.97 Å². The molecule has 5 nitrogen and oxygen atoms in total. The zero-order chi connectivity index (χ0) is 14.3. The topological polar surface area (TPSA) is 67.4 Å². The van der Waals surface area contributed by atoms with Crippen LogP contribution in [0.5, 0.6) is 0 Å². The lowest BCUT2D eigenvalue weighted by molar-refractivity contribution is -0.116. The lowest BCUT2D eigenvalue weighted by Crippen LogP contribution is -2.21. The van der Waals surface area contributed by atoms with Crippen molar-refractivity contribution in [1.82, 2.24) is 5.32 Å². The number of hydrogen-bond acceptors (Lipinski definition) is 4. The van der Waals surface area contributed by atoms with E-state index < -0.39 is 5.97 Å². The van der Waals surface area contributed by atoms with Crippen LogP contribution in [0.2, 0.25) is 0 Å². The highest BCUT2D eigenvalue weighted by molar-refractivity contribution is 5.95. The van der Waals surface area contributed by atoms with E-state index in [-0.39, 0.29) is 5.91 Å². The molecular weight excluding hydrogens is 244 g/mol. The van der Waals surface area contributed by atoms with E-state index in [9.17, 15) is 9.59 Å². The fourth-order valence-corrected chi connectivity index (χ4v) is 1.59. The molecule has 0 aromatic heterocycles. The van der Waals surface area contributed by atoms with E-state index in [4.69, 9.17) is 0 Å². The van der Waals surface area contributed by atoms with Gasteiger partial charge < -0.3 is 15.4 Å². The van der Waals surface area contributed by atoms with Gasteiger partial charge in [-0.05, 0) is 31.2 Å². The highest BCUT2D eigenvalue weighted by Crippen LogP contribution is 2.17. The van der Waals surface area contributed by atoms with Crippen molar-refractivity contribution in [2.24, 2.45) is 0 Å². The number of benzene rings is 1. The number of nitrogens with one attached hydrogen (secondary N) is 2. The van der Waals surface area contributed by atoms with Crippen LogP contribution in [-0.4, -0.2) is 32.1 Å². The van der Waals surface area contributed by atoms with Crippen LogP contribution >= 0.6 is 0 Å². The van der Waals surface area contributed by atoms with Crippen molar-refractivity contribution in [3.05, 3.63) is 29.3 Å². The first-order valence-electron chi connectivity index (χ1n) is 6.28. The van der Waals surface area contributed by atoms with E-state index in [1.807, 2.05) is 13.8 Å². The van der Waals surface area contributed by atoms with Crippen molar-refractivity contribution in [3.8, 4) is 0 Å². The number of amides is 1. The predicted molar refractivity (Wildman–Crippen MR) is 74.3 cm³/mol. The molecule has 0 aliphatic carbocycles. The Balaban J connectivity index is 2.71. The third-order valence-electron chi connectivity index (χ3n) is 2.71. The van der Waals surface area contributed by atoms with Crippen LogP contribution in [0.25, 0.3) is 0 Å². The summed E-state index contributed by atoms with van der Waals surface area (Å²) in [6.07, 6.45) is 0.399. The van der Waals surface area contributed by atoms with Gasteiger partial charge in [-0.15, -0.1) is 0 Å². The Hall–Kier alpha value is -1.88. The number of methoxy groups -OCH3 is 1. The summed E-state index contributed by atoms with van der Waals surface area (Å²) in [6, 6.07) is 5.09. The van der Waals surface area contributed by atoms with Gasteiger partial charge in [-0.25, -0.2) is 4.79 Å². The highest BCUT2D eigenvalue weighted by Gasteiger charge is 2.10. The fraction of sp³-hybridized carbons (Fsp3) is 0.429. The normalized spacial score (nSPS) is 10.1. The van der Waals surface area contributed by atoms with Gasteiger partial charge in [0.15, 0.2) is 0 Å². The summed E-state index contributed by atoms with van der Waals surface area (Å²) in [5.74, 6) is -0.491. The quantitative estimate of drug-likeness (QED) is 0.606. The second kappa shape index (κ2) is 7.53. The number of rotatable bonds is 6. The summed E-state index contributed by atoms with van der Waals surface area (Å²) in [4.78, 5) is 23.2. The highest BCUT2D eigenvalue weighted by atomic mass is 16.5. The minimum Gasteiger partial charge on any atom is -0.465 e. The number of ether oxygens (including phenoxy) is 1. The van der Waals surface area contributed by atoms with Crippen LogP contribution < -0.4 is 10.6 Å². The van der Waals surface area contributed by atoms with Crippen LogP contribution in [0.3, 0.4) is 0 Å². The first kappa shape index (κ1) is 15.2. The number of esters is 1. The predicted octanol–water partition coefficient (Wildman–Crippen LogP) is 1.72. The largest absolute Gasteiger partial charge is 0.465 e. The fourth-order valence-electron chi connectivity index (χ4n) is 1.59. The van der Waals surface area contributed by atoms with E-state index in [2.05, 4.69) is 15.4 Å². The van der Waals surface area contributed by atoms with Crippen molar-refractivity contribution >= 4 is 17.6 Å². The molecule has 5 heteroatoms. The smallest absolute Gasteiger partial charge is 0.337 e. The molecule has 2 N–H and O–H groups in total. The monoisotopic (exact) mass is 264 g/mol. The molecule has 0 aliphatic rings. The van der Waals surface area contributed by atoms with E-state index in [1.54, 1.807) is 18.2 Å². The maximum absolute atomic E-state index is 11.7. The maximum Gasteiger partial charge on any atom is 0.337 e. The molecular formula is C14H20N2O3. The first-order chi connectivity index (χ1) is 9.08. The molecule has 0 radical (unpaired) electrons. The molecule has 19 heavy (non-hydrogen) atoms. The molecule has 1 aromatic carbocycles. The van der Waals surface area contributed by atoms with Gasteiger partial charge in [-0.2, -0.15) is 0 Å². The molecule has 0 spiro atoms. The van der Waals surface area contributed by atoms with Gasteiger partial charge in [0, 0.05) is 18.7 Å². The van der Waals surface area contributed by atoms with Crippen molar-refractivity contribution < 1.29 is 14.3 Å². The van der Waals surface area contributed by atoms with Gasteiger partial charge in [0.2, 0.25) is 5.91 Å². The van der Waals surface area contributed by atoms with Crippen molar-refractivity contribution in [2.75, 3.05) is 25.5 Å². The average Bonchev–Trinajstić information content (AvgIpc) is 2.40. The number of anilines is 1. The third kappa shape index (κ3) is 4.71. The van der Waals surface area contributed by atoms with E-state index >= 15 is 0 Å². The van der Waals surface area contributed by atoms with Crippen LogP contribution in [0, 0.1) is 6.92 Å². The van der Waals surface area contributed by atoms with E-state index in [0.717, 1.165) is 12.1 Å². The standard InChI is InChI=1S/C14H20N2O3/c1-4-15-8-7-13(17)16-12-9-11(14(18)19-3)6-5-10(12)2/h5-6,9,15H,4,7-8H2,1-3H3,(H,16,17). The summed E-state index contributed by atoms with van der Waals surface area (Å²) >= 11 is 0. The van der Waals surface area contributed by atoms with Gasteiger partial charge in [-0.3, -0.25) is 4.79 Å². The molecule has 104 valence electrons. The van der Waals surface area contributed by atoms with Gasteiger partial charge in [0.1, 0.15) is 0 Å². The molecule has 1 amide bonds. The average molecular weight is 264 g/mol. The van der Waals surface area contributed by atoms with Crippen LogP contribution in [0.15, 0.2) is 18.2 Å². The molecule has 1 aromatic rings. The summed E-state index contributed by atoms with van der Waals surface area (Å²) in [5, 5.41) is 5.89. The van der Waals surface area contributed by atoms with Crippen LogP contribution in [0.1, 0.15) is 29.3 Å². The molecule has 0 heterocycles. The number of hydrogen-bond donors (Lipinski definition) is 2. The van der Waals surface area contributed by atoms with Crippen molar-refractivity contribution in [1.29, 1.82) is 0 Å². The first-order valence-corrected chi connectivity index (χ1v) is 6.28. The van der Waals surface area contributed by atoms with Crippen molar-refractivity contribution in [3.63, 3.8) is 0 Å². The molecule has 0 saturated heterocycles. The van der Waals surface area contributed by atoms with Crippen LogP contribution in [0.4, 0.5) is 5.69 Å². The number of carbonyl (C=O) groups is 2. The molecule has 0 bridgehead atoms. The van der Waals surface area contributed by atoms with Gasteiger partial charge in [0.05, 0.1) is 12.7 Å². The Morgan fingerprint density at radius 2 is 2.05 bits per heavy atom. The molecule has 0 atom stereocenters. The number of carbonyl (C=O) groups excluding carboxylic acids is 2. The lowest BCUT2D eigenvalue weighted by atomic mass is 10.1. The lowest BCUT2D eigenvalue weighted by Gasteiger charge is -2.10. The Morgan fingerprint density at radius 1 is 1.32 bits per heavy atom. The van der Waals surface area contributed by atoms with Crippen molar-refractivity contribution in [2.45, 2.75) is 20.3 Å². The summed E-state index contributed by atoms with van der Waals surface area (Å²) in [6.45, 7) is 5.34. The Kier molecular flexibility index (Phi) is 6.02. The summed E-state index contributed by atoms with van der Waals surface area (Å²) in [7, 11) is 1.33. The molecule has 0 saturated carbocycles. The number of aryl methyl sites for hydroxylation is 1. The zero-order valence-corrected chi connectivity index (χ0v) is 11.6. The molecule has 0 fully saturated rings. The summed E-state index contributed by atoms with van der Waals surface area (Å²) in [5.41, 5.74) is 1.98. The Bertz CT molecular complexity index is 458. The molecule has 1 rings (SSSR count). The maximum atomic E-state index is 11.7. The van der Waals surface area contributed by atoms with Crippen LogP contribution in [-0.2, 0) is 9.53 Å². The Morgan fingerprint density at radius 3 is 2.68 bits per heavy atom. The zero-order valence-electron chi connectivity index (χ0n) is 11.6. The molecule has 0 aliphatic heterocycles. The SMILES string of the molecule is CCNCCC(=O)Nc1cc(C(=O)OC)ccc1C. The van der Waals surface area contributed by atoms with E-state index in [0.29, 0.717) is 24.2 Å². The molecule has 0 unspecified atom stereocenters. The van der Waals surface area contributed by atoms with Gasteiger partial charge in [0.25, 0.3) is 0 Å². The second-order valence-corrected chi connectivity index (χ2v) is 4.17. The minimum atomic E-state index is -0.414. The minimum absolute atomic E-state index is 0.0777. The Labute approximate surface area is 113 Å². The second-order valence-electron chi connectivity index (χ2n) is 4.17. The third-order valence-corrected chi connectivity index (χ3v) is 2.71. The van der Waals surface area contributed by atoms with Gasteiger partial charge in [-0.1, -0.05) is 13.0 Å². The van der Waals surface area contributed by atoms with E-state index in [1.165, 1.54) is 7.11 Å².